The maximum Gasteiger partial charge on any atom is 0.359 e. The van der Waals surface area contributed by atoms with Gasteiger partial charge in [0.2, 0.25) is 0 Å². The van der Waals surface area contributed by atoms with E-state index in [1.165, 1.54) is 7.11 Å². The number of carbonyl (C=O) groups is 2. The summed E-state index contributed by atoms with van der Waals surface area (Å²) < 4.78 is 4.63. The maximum absolute atomic E-state index is 11.6. The van der Waals surface area contributed by atoms with Crippen molar-refractivity contribution in [3.63, 3.8) is 0 Å². The van der Waals surface area contributed by atoms with Gasteiger partial charge in [-0.05, 0) is 12.1 Å². The molecule has 1 aromatic heterocycles. The van der Waals surface area contributed by atoms with E-state index in [0.717, 1.165) is 11.8 Å². The molecule has 0 bridgehead atoms. The molecule has 1 N–H and O–H groups in total. The van der Waals surface area contributed by atoms with Crippen LogP contribution in [-0.4, -0.2) is 39.9 Å². The van der Waals surface area contributed by atoms with E-state index in [1.54, 1.807) is 24.3 Å². The lowest BCUT2D eigenvalue weighted by atomic mass is 10.3. The predicted molar refractivity (Wildman–Crippen MR) is 69.2 cm³/mol. The quantitative estimate of drug-likeness (QED) is 0.671. The molecule has 7 heteroatoms. The first-order valence-corrected chi connectivity index (χ1v) is 6.30. The van der Waals surface area contributed by atoms with Crippen molar-refractivity contribution in [1.29, 1.82) is 0 Å². The summed E-state index contributed by atoms with van der Waals surface area (Å²) in [6.07, 6.45) is 0. The Hall–Kier alpha value is -2.15. The van der Waals surface area contributed by atoms with Gasteiger partial charge in [-0.25, -0.2) is 14.8 Å². The van der Waals surface area contributed by atoms with Crippen molar-refractivity contribution >= 4 is 34.7 Å². The summed E-state index contributed by atoms with van der Waals surface area (Å²) in [5.41, 5.74) is 1.19. The molecule has 0 fully saturated rings. The Morgan fingerprint density at radius 1 is 1.26 bits per heavy atom. The molecule has 0 amide bonds. The summed E-state index contributed by atoms with van der Waals surface area (Å²) in [6, 6.07) is 7.04. The summed E-state index contributed by atoms with van der Waals surface area (Å²) in [6.45, 7) is 0. The van der Waals surface area contributed by atoms with E-state index < -0.39 is 11.9 Å². The number of nitrogens with zero attached hydrogens (tertiary/aromatic N) is 2. The number of aliphatic carboxylic acids is 1. The molecule has 1 aromatic carbocycles. The van der Waals surface area contributed by atoms with E-state index in [4.69, 9.17) is 5.11 Å². The Morgan fingerprint density at radius 3 is 2.47 bits per heavy atom. The van der Waals surface area contributed by atoms with E-state index in [9.17, 15) is 9.59 Å². The average molecular weight is 278 g/mol. The Balaban J connectivity index is 2.50. The molecule has 0 aliphatic carbocycles. The van der Waals surface area contributed by atoms with Crippen LogP contribution < -0.4 is 0 Å². The SMILES string of the molecule is COC(=O)c1nc2ccccc2nc1SCC(=O)O. The molecule has 98 valence electrons. The Morgan fingerprint density at radius 2 is 1.89 bits per heavy atom. The highest BCUT2D eigenvalue weighted by molar-refractivity contribution is 7.99. The van der Waals surface area contributed by atoms with E-state index in [0.29, 0.717) is 11.0 Å². The number of aromatic nitrogens is 2. The predicted octanol–water partition coefficient (Wildman–Crippen LogP) is 1.59. The third-order valence-electron chi connectivity index (χ3n) is 2.25. The van der Waals surface area contributed by atoms with E-state index >= 15 is 0 Å². The van der Waals surface area contributed by atoms with Crippen LogP contribution in [0.3, 0.4) is 0 Å². The number of carboxylic acid groups (broad SMARTS) is 1. The minimum atomic E-state index is -0.990. The Kier molecular flexibility index (Phi) is 3.96. The molecule has 19 heavy (non-hydrogen) atoms. The number of fused-ring (bicyclic) bond motifs is 1. The smallest absolute Gasteiger partial charge is 0.359 e. The number of hydrogen-bond acceptors (Lipinski definition) is 6. The molecule has 0 unspecified atom stereocenters. The van der Waals surface area contributed by atoms with Crippen LogP contribution in [0.5, 0.6) is 0 Å². The van der Waals surface area contributed by atoms with Crippen molar-refractivity contribution in [2.45, 2.75) is 5.03 Å². The van der Waals surface area contributed by atoms with Gasteiger partial charge in [-0.2, -0.15) is 0 Å². The number of benzene rings is 1. The molecule has 0 spiro atoms. The van der Waals surface area contributed by atoms with Gasteiger partial charge < -0.3 is 9.84 Å². The van der Waals surface area contributed by atoms with Gasteiger partial charge >= 0.3 is 11.9 Å². The monoisotopic (exact) mass is 278 g/mol. The molecular formula is C12H10N2O4S. The molecule has 0 aliphatic heterocycles. The van der Waals surface area contributed by atoms with Crippen molar-refractivity contribution in [1.82, 2.24) is 9.97 Å². The zero-order valence-electron chi connectivity index (χ0n) is 9.99. The van der Waals surface area contributed by atoms with Crippen LogP contribution in [0.15, 0.2) is 29.3 Å². The van der Waals surface area contributed by atoms with Crippen molar-refractivity contribution in [3.05, 3.63) is 30.0 Å². The summed E-state index contributed by atoms with van der Waals surface area (Å²) in [7, 11) is 1.24. The van der Waals surface area contributed by atoms with Crippen LogP contribution in [-0.2, 0) is 9.53 Å². The fourth-order valence-electron chi connectivity index (χ4n) is 1.44. The van der Waals surface area contributed by atoms with Gasteiger partial charge in [-0.15, -0.1) is 0 Å². The van der Waals surface area contributed by atoms with Crippen molar-refractivity contribution in [2.75, 3.05) is 12.9 Å². The highest BCUT2D eigenvalue weighted by Crippen LogP contribution is 2.22. The molecule has 0 saturated carbocycles. The summed E-state index contributed by atoms with van der Waals surface area (Å²) >= 11 is 0.940. The summed E-state index contributed by atoms with van der Waals surface area (Å²) in [4.78, 5) is 30.7. The second-order valence-electron chi connectivity index (χ2n) is 3.54. The van der Waals surface area contributed by atoms with Gasteiger partial charge in [0.05, 0.1) is 23.9 Å². The highest BCUT2D eigenvalue weighted by Gasteiger charge is 2.18. The minimum absolute atomic E-state index is 0.0347. The lowest BCUT2D eigenvalue weighted by molar-refractivity contribution is -0.133. The van der Waals surface area contributed by atoms with Crippen molar-refractivity contribution in [2.24, 2.45) is 0 Å². The van der Waals surface area contributed by atoms with Crippen LogP contribution in [0.4, 0.5) is 0 Å². The van der Waals surface area contributed by atoms with Gasteiger partial charge in [0, 0.05) is 0 Å². The van der Waals surface area contributed by atoms with Gasteiger partial charge in [0.25, 0.3) is 0 Å². The number of hydrogen-bond donors (Lipinski definition) is 1. The standard InChI is InChI=1S/C12H10N2O4S/c1-18-12(17)10-11(19-6-9(15)16)14-8-5-3-2-4-7(8)13-10/h2-5H,6H2,1H3,(H,15,16). The molecule has 2 rings (SSSR count). The molecular weight excluding hydrogens is 268 g/mol. The van der Waals surface area contributed by atoms with Crippen LogP contribution in [0.2, 0.25) is 0 Å². The molecule has 0 aliphatic rings. The van der Waals surface area contributed by atoms with E-state index in [2.05, 4.69) is 14.7 Å². The molecule has 0 radical (unpaired) electrons. The first-order chi connectivity index (χ1) is 9.11. The number of para-hydroxylation sites is 2. The number of ether oxygens (including phenoxy) is 1. The third-order valence-corrected chi connectivity index (χ3v) is 3.20. The first-order valence-electron chi connectivity index (χ1n) is 5.31. The zero-order valence-corrected chi connectivity index (χ0v) is 10.8. The summed E-state index contributed by atoms with van der Waals surface area (Å²) in [5.74, 6) is -1.82. The number of carbonyl (C=O) groups excluding carboxylic acids is 1. The second-order valence-corrected chi connectivity index (χ2v) is 4.50. The van der Waals surface area contributed by atoms with Gasteiger partial charge in [0.15, 0.2) is 5.69 Å². The highest BCUT2D eigenvalue weighted by atomic mass is 32.2. The van der Waals surface area contributed by atoms with Crippen molar-refractivity contribution in [3.8, 4) is 0 Å². The van der Waals surface area contributed by atoms with Gasteiger partial charge in [0.1, 0.15) is 5.03 Å². The molecule has 2 aromatic rings. The van der Waals surface area contributed by atoms with Crippen LogP contribution in [0.25, 0.3) is 11.0 Å². The summed E-state index contributed by atoms with van der Waals surface area (Å²) in [5, 5.41) is 8.95. The third kappa shape index (κ3) is 3.00. The fourth-order valence-corrected chi connectivity index (χ4v) is 2.13. The first kappa shape index (κ1) is 13.3. The van der Waals surface area contributed by atoms with Crippen molar-refractivity contribution < 1.29 is 19.4 Å². The molecule has 0 saturated heterocycles. The van der Waals surface area contributed by atoms with Crippen LogP contribution in [0, 0.1) is 0 Å². The number of rotatable bonds is 4. The lowest BCUT2D eigenvalue weighted by Crippen LogP contribution is -2.09. The van der Waals surface area contributed by atoms with E-state index in [1.807, 2.05) is 0 Å². The van der Waals surface area contributed by atoms with Gasteiger partial charge in [-0.1, -0.05) is 23.9 Å². The Labute approximate surface area is 112 Å². The van der Waals surface area contributed by atoms with E-state index in [-0.39, 0.29) is 16.5 Å². The van der Waals surface area contributed by atoms with Gasteiger partial charge in [-0.3, -0.25) is 4.79 Å². The average Bonchev–Trinajstić information content (AvgIpc) is 2.43. The van der Waals surface area contributed by atoms with Crippen LogP contribution in [0.1, 0.15) is 10.5 Å². The molecule has 1 heterocycles. The minimum Gasteiger partial charge on any atom is -0.481 e. The zero-order chi connectivity index (χ0) is 13.8. The number of thioether (sulfide) groups is 1. The maximum atomic E-state index is 11.6. The fraction of sp³-hybridized carbons (Fsp3) is 0.167. The normalized spacial score (nSPS) is 10.4. The Bertz CT molecular complexity index is 645. The number of esters is 1. The largest absolute Gasteiger partial charge is 0.481 e. The number of methoxy groups -OCH3 is 1. The second kappa shape index (κ2) is 5.66. The van der Waals surface area contributed by atoms with Crippen LogP contribution >= 0.6 is 11.8 Å². The number of carboxylic acids is 1. The molecule has 6 nitrogen and oxygen atoms in total. The topological polar surface area (TPSA) is 89.4 Å². The lowest BCUT2D eigenvalue weighted by Gasteiger charge is -2.06. The molecule has 0 atom stereocenters.